The molecule has 0 aromatic heterocycles. The number of carbonyl (C=O) groups excluding carboxylic acids is 1. The highest BCUT2D eigenvalue weighted by molar-refractivity contribution is 7.89. The third kappa shape index (κ3) is 4.67. The fraction of sp³-hybridized carbons (Fsp3) is 0.240. The summed E-state index contributed by atoms with van der Waals surface area (Å²) in [5.41, 5.74) is 2.73. The summed E-state index contributed by atoms with van der Waals surface area (Å²) in [6, 6.07) is 18.0. The maximum Gasteiger partial charge on any atom is 0.243 e. The zero-order valence-electron chi connectivity index (χ0n) is 18.3. The lowest BCUT2D eigenvalue weighted by Gasteiger charge is -2.28. The van der Waals surface area contributed by atoms with E-state index in [0.29, 0.717) is 6.42 Å². The van der Waals surface area contributed by atoms with Gasteiger partial charge in [0, 0.05) is 28.9 Å². The summed E-state index contributed by atoms with van der Waals surface area (Å²) in [6.07, 6.45) is 0.686. The quantitative estimate of drug-likeness (QED) is 0.495. The van der Waals surface area contributed by atoms with Gasteiger partial charge in [0.15, 0.2) is 0 Å². The zero-order chi connectivity index (χ0) is 23.8. The number of hydrogen-bond acceptors (Lipinski definition) is 3. The fourth-order valence-electron chi connectivity index (χ4n) is 4.12. The Kier molecular flexibility index (Phi) is 6.56. The monoisotopic (exact) mass is 486 g/mol. The SMILES string of the molecule is Cc1ccc(S(=O)(=O)N(CC(=O)N2c3ccccc3CC2C)Cc2c(F)cccc2Cl)cc1. The van der Waals surface area contributed by atoms with Gasteiger partial charge in [-0.2, -0.15) is 4.31 Å². The molecule has 0 bridgehead atoms. The minimum atomic E-state index is -4.11. The molecule has 3 aromatic rings. The molecule has 0 N–H and O–H groups in total. The molecule has 1 heterocycles. The second-order valence-corrected chi connectivity index (χ2v) is 10.6. The van der Waals surface area contributed by atoms with Crippen molar-refractivity contribution in [1.29, 1.82) is 0 Å². The Morgan fingerprint density at radius 1 is 1.09 bits per heavy atom. The number of halogens is 2. The van der Waals surface area contributed by atoms with Crippen molar-refractivity contribution in [2.24, 2.45) is 0 Å². The van der Waals surface area contributed by atoms with Gasteiger partial charge in [-0.25, -0.2) is 12.8 Å². The number of sulfonamides is 1. The van der Waals surface area contributed by atoms with Gasteiger partial charge >= 0.3 is 0 Å². The van der Waals surface area contributed by atoms with Crippen molar-refractivity contribution >= 4 is 33.2 Å². The number of amides is 1. The molecule has 0 saturated carbocycles. The average molecular weight is 487 g/mol. The van der Waals surface area contributed by atoms with Crippen LogP contribution in [0.5, 0.6) is 0 Å². The van der Waals surface area contributed by atoms with Gasteiger partial charge in [0.05, 0.1) is 11.4 Å². The van der Waals surface area contributed by atoms with Crippen LogP contribution >= 0.6 is 11.6 Å². The molecule has 3 aromatic carbocycles. The second kappa shape index (κ2) is 9.25. The summed E-state index contributed by atoms with van der Waals surface area (Å²) in [5, 5.41) is 0.103. The maximum absolute atomic E-state index is 14.6. The molecule has 8 heteroatoms. The zero-order valence-corrected chi connectivity index (χ0v) is 19.9. The molecule has 1 aliphatic heterocycles. The van der Waals surface area contributed by atoms with Crippen molar-refractivity contribution in [3.63, 3.8) is 0 Å². The van der Waals surface area contributed by atoms with Gasteiger partial charge in [0.1, 0.15) is 5.82 Å². The van der Waals surface area contributed by atoms with Gasteiger partial charge in [-0.15, -0.1) is 0 Å². The first-order chi connectivity index (χ1) is 15.7. The Hall–Kier alpha value is -2.74. The Labute approximate surface area is 198 Å². The minimum Gasteiger partial charge on any atom is -0.308 e. The number of rotatable bonds is 6. The van der Waals surface area contributed by atoms with Gasteiger partial charge in [0.2, 0.25) is 15.9 Å². The first-order valence-electron chi connectivity index (χ1n) is 10.6. The highest BCUT2D eigenvalue weighted by atomic mass is 35.5. The molecule has 1 amide bonds. The van der Waals surface area contributed by atoms with Gasteiger partial charge in [-0.1, -0.05) is 53.6 Å². The summed E-state index contributed by atoms with van der Waals surface area (Å²) < 4.78 is 42.6. The van der Waals surface area contributed by atoms with E-state index >= 15 is 0 Å². The number of fused-ring (bicyclic) bond motifs is 1. The van der Waals surface area contributed by atoms with Crippen LogP contribution in [-0.2, 0) is 27.8 Å². The molecule has 0 radical (unpaired) electrons. The Bertz CT molecular complexity index is 1280. The highest BCUT2D eigenvalue weighted by Gasteiger charge is 2.35. The van der Waals surface area contributed by atoms with E-state index in [1.807, 2.05) is 38.1 Å². The van der Waals surface area contributed by atoms with E-state index in [1.165, 1.54) is 30.3 Å². The van der Waals surface area contributed by atoms with Crippen molar-refractivity contribution < 1.29 is 17.6 Å². The minimum absolute atomic E-state index is 0.0255. The van der Waals surface area contributed by atoms with Crippen molar-refractivity contribution in [3.8, 4) is 0 Å². The normalized spacial score (nSPS) is 15.7. The van der Waals surface area contributed by atoms with E-state index in [1.54, 1.807) is 17.0 Å². The lowest BCUT2D eigenvalue weighted by Crippen LogP contribution is -2.45. The molecule has 5 nitrogen and oxygen atoms in total. The van der Waals surface area contributed by atoms with Crippen LogP contribution in [-0.4, -0.2) is 31.2 Å². The standard InChI is InChI=1S/C25H24ClFN2O3S/c1-17-10-12-20(13-11-17)33(31,32)28(15-21-22(26)7-5-8-23(21)27)16-25(30)29-18(2)14-19-6-3-4-9-24(19)29/h3-13,18H,14-16H2,1-2H3. The summed E-state index contributed by atoms with van der Waals surface area (Å²) in [6.45, 7) is 2.96. The topological polar surface area (TPSA) is 57.7 Å². The van der Waals surface area contributed by atoms with Crippen LogP contribution < -0.4 is 4.90 Å². The number of benzene rings is 3. The van der Waals surface area contributed by atoms with Crippen LogP contribution in [0, 0.1) is 12.7 Å². The summed E-state index contributed by atoms with van der Waals surface area (Å²) in [5.74, 6) is -1.01. The Balaban J connectivity index is 1.71. The van der Waals surface area contributed by atoms with Gasteiger partial charge in [0.25, 0.3) is 0 Å². The van der Waals surface area contributed by atoms with Crippen molar-refractivity contribution in [2.45, 2.75) is 37.8 Å². The molecule has 0 saturated heterocycles. The molecular weight excluding hydrogens is 463 g/mol. The van der Waals surface area contributed by atoms with E-state index < -0.39 is 22.4 Å². The molecule has 1 aliphatic rings. The van der Waals surface area contributed by atoms with Gasteiger partial charge in [-0.3, -0.25) is 4.79 Å². The van der Waals surface area contributed by atoms with E-state index in [4.69, 9.17) is 11.6 Å². The smallest absolute Gasteiger partial charge is 0.243 e. The van der Waals surface area contributed by atoms with Crippen LogP contribution in [0.1, 0.15) is 23.6 Å². The van der Waals surface area contributed by atoms with Crippen molar-refractivity contribution in [2.75, 3.05) is 11.4 Å². The molecule has 33 heavy (non-hydrogen) atoms. The predicted octanol–water partition coefficient (Wildman–Crippen LogP) is 4.96. The average Bonchev–Trinajstić information content (AvgIpc) is 3.11. The van der Waals surface area contributed by atoms with Crippen LogP contribution in [0.2, 0.25) is 5.02 Å². The number of hydrogen-bond donors (Lipinski definition) is 0. The maximum atomic E-state index is 14.6. The molecule has 1 atom stereocenters. The summed E-state index contributed by atoms with van der Waals surface area (Å²) in [7, 11) is -4.11. The summed E-state index contributed by atoms with van der Waals surface area (Å²) >= 11 is 6.19. The second-order valence-electron chi connectivity index (χ2n) is 8.23. The van der Waals surface area contributed by atoms with Crippen molar-refractivity contribution in [3.05, 3.63) is 94.3 Å². The fourth-order valence-corrected chi connectivity index (χ4v) is 5.70. The number of para-hydroxylation sites is 1. The van der Waals surface area contributed by atoms with Gasteiger partial charge < -0.3 is 4.90 Å². The lowest BCUT2D eigenvalue weighted by atomic mass is 10.1. The third-order valence-corrected chi connectivity index (χ3v) is 8.00. The lowest BCUT2D eigenvalue weighted by molar-refractivity contribution is -0.119. The summed E-state index contributed by atoms with van der Waals surface area (Å²) in [4.78, 5) is 15.1. The van der Waals surface area contributed by atoms with Crippen LogP contribution in [0.25, 0.3) is 0 Å². The van der Waals surface area contributed by atoms with Crippen molar-refractivity contribution in [1.82, 2.24) is 4.31 Å². The Morgan fingerprint density at radius 3 is 2.48 bits per heavy atom. The molecule has 1 unspecified atom stereocenters. The van der Waals surface area contributed by atoms with Crippen LogP contribution in [0.15, 0.2) is 71.6 Å². The largest absolute Gasteiger partial charge is 0.308 e. The van der Waals surface area contributed by atoms with E-state index in [9.17, 15) is 17.6 Å². The molecular formula is C25H24ClFN2O3S. The first-order valence-corrected chi connectivity index (χ1v) is 12.4. The molecule has 4 rings (SSSR count). The molecule has 0 spiro atoms. The first kappa shape index (κ1) is 23.4. The van der Waals surface area contributed by atoms with E-state index in [-0.39, 0.29) is 34.0 Å². The number of anilines is 1. The van der Waals surface area contributed by atoms with Gasteiger partial charge in [-0.05, 0) is 56.2 Å². The van der Waals surface area contributed by atoms with E-state index in [2.05, 4.69) is 0 Å². The highest BCUT2D eigenvalue weighted by Crippen LogP contribution is 2.33. The molecule has 0 fully saturated rings. The number of carbonyl (C=O) groups is 1. The predicted molar refractivity (Wildman–Crippen MR) is 127 cm³/mol. The number of aryl methyl sites for hydroxylation is 1. The van der Waals surface area contributed by atoms with Crippen LogP contribution in [0.3, 0.4) is 0 Å². The molecule has 172 valence electrons. The third-order valence-electron chi connectivity index (χ3n) is 5.84. The molecule has 0 aliphatic carbocycles. The van der Waals surface area contributed by atoms with E-state index in [0.717, 1.165) is 21.1 Å². The Morgan fingerprint density at radius 2 is 1.79 bits per heavy atom. The number of nitrogens with zero attached hydrogens (tertiary/aromatic N) is 2. The van der Waals surface area contributed by atoms with Crippen LogP contribution in [0.4, 0.5) is 10.1 Å².